The second kappa shape index (κ2) is 9.74. The standard InChI is InChI=1S/C23H21F2N3O4S/c1-13-21(19(31)8-14(10-29)23-26-9-15(11-30)33-23)28-7-3-6-20(22(28)27-13)32-12-16-17(24)4-2-5-18(16)25/h2-7,9,14,29-30H,8,10-12H2,1H3. The van der Waals surface area contributed by atoms with Crippen molar-refractivity contribution in [2.45, 2.75) is 32.5 Å². The van der Waals surface area contributed by atoms with E-state index in [2.05, 4.69) is 9.97 Å². The van der Waals surface area contributed by atoms with Gasteiger partial charge in [-0.2, -0.15) is 0 Å². The van der Waals surface area contributed by atoms with Gasteiger partial charge in [0, 0.05) is 24.7 Å². The number of nitrogens with zero attached hydrogens (tertiary/aromatic N) is 3. The van der Waals surface area contributed by atoms with E-state index in [0.717, 1.165) is 12.1 Å². The molecule has 1 atom stereocenters. The average Bonchev–Trinajstić information content (AvgIpc) is 3.41. The predicted octanol–water partition coefficient (Wildman–Crippen LogP) is 3.80. The maximum atomic E-state index is 13.9. The third-order valence-corrected chi connectivity index (χ3v) is 6.36. The Bertz CT molecular complexity index is 1280. The maximum absolute atomic E-state index is 13.9. The molecule has 10 heteroatoms. The molecule has 0 aliphatic heterocycles. The molecular weight excluding hydrogens is 452 g/mol. The number of aromatic nitrogens is 3. The summed E-state index contributed by atoms with van der Waals surface area (Å²) in [5.41, 5.74) is 0.924. The van der Waals surface area contributed by atoms with Crippen molar-refractivity contribution in [1.29, 1.82) is 0 Å². The first-order chi connectivity index (χ1) is 15.9. The zero-order valence-electron chi connectivity index (χ0n) is 17.7. The SMILES string of the molecule is Cc1nc2c(OCc3c(F)cccc3F)cccn2c1C(=O)CC(CO)c1ncc(CO)s1. The monoisotopic (exact) mass is 473 g/mol. The highest BCUT2D eigenvalue weighted by Gasteiger charge is 2.24. The normalized spacial score (nSPS) is 12.3. The van der Waals surface area contributed by atoms with E-state index in [-0.39, 0.29) is 43.3 Å². The Balaban J connectivity index is 1.60. The van der Waals surface area contributed by atoms with Crippen LogP contribution < -0.4 is 4.74 Å². The number of carbonyl (C=O) groups excluding carboxylic acids is 1. The third kappa shape index (κ3) is 4.63. The van der Waals surface area contributed by atoms with Crippen molar-refractivity contribution in [2.24, 2.45) is 0 Å². The molecule has 0 bridgehead atoms. The second-order valence-corrected chi connectivity index (χ2v) is 8.58. The number of ether oxygens (including phenoxy) is 1. The zero-order chi connectivity index (χ0) is 23.5. The Morgan fingerprint density at radius 2 is 1.97 bits per heavy atom. The molecule has 0 amide bonds. The van der Waals surface area contributed by atoms with Crippen molar-refractivity contribution in [3.05, 3.63) is 81.2 Å². The fraction of sp³-hybridized carbons (Fsp3) is 0.261. The van der Waals surface area contributed by atoms with Crippen LogP contribution in [0.1, 0.15) is 44.0 Å². The van der Waals surface area contributed by atoms with Crippen LogP contribution in [0.5, 0.6) is 5.75 Å². The highest BCUT2D eigenvalue weighted by atomic mass is 32.1. The first-order valence-corrected chi connectivity index (χ1v) is 11.0. The van der Waals surface area contributed by atoms with Crippen molar-refractivity contribution >= 4 is 22.8 Å². The molecule has 1 unspecified atom stereocenters. The van der Waals surface area contributed by atoms with E-state index in [4.69, 9.17) is 4.74 Å². The number of aliphatic hydroxyl groups excluding tert-OH is 2. The number of carbonyl (C=O) groups is 1. The highest BCUT2D eigenvalue weighted by Crippen LogP contribution is 2.29. The molecule has 7 nitrogen and oxygen atoms in total. The van der Waals surface area contributed by atoms with Crippen LogP contribution in [0.4, 0.5) is 8.78 Å². The number of rotatable bonds is 9. The van der Waals surface area contributed by atoms with E-state index < -0.39 is 17.6 Å². The van der Waals surface area contributed by atoms with Gasteiger partial charge in [-0.25, -0.2) is 18.7 Å². The van der Waals surface area contributed by atoms with Gasteiger partial charge < -0.3 is 14.9 Å². The van der Waals surface area contributed by atoms with Gasteiger partial charge in [0.15, 0.2) is 17.2 Å². The lowest BCUT2D eigenvalue weighted by Gasteiger charge is -2.11. The summed E-state index contributed by atoms with van der Waals surface area (Å²) in [5, 5.41) is 19.6. The first-order valence-electron chi connectivity index (χ1n) is 10.2. The number of thiazole rings is 1. The Morgan fingerprint density at radius 1 is 1.21 bits per heavy atom. The molecule has 0 aliphatic carbocycles. The number of halogens is 2. The molecule has 0 saturated carbocycles. The van der Waals surface area contributed by atoms with Crippen LogP contribution in [-0.4, -0.2) is 37.0 Å². The Morgan fingerprint density at radius 3 is 2.64 bits per heavy atom. The largest absolute Gasteiger partial charge is 0.485 e. The molecule has 33 heavy (non-hydrogen) atoms. The van der Waals surface area contributed by atoms with Gasteiger partial charge >= 0.3 is 0 Å². The van der Waals surface area contributed by atoms with Crippen molar-refractivity contribution in [2.75, 3.05) is 6.61 Å². The summed E-state index contributed by atoms with van der Waals surface area (Å²) in [6, 6.07) is 6.85. The molecule has 1 aromatic carbocycles. The zero-order valence-corrected chi connectivity index (χ0v) is 18.5. The summed E-state index contributed by atoms with van der Waals surface area (Å²) >= 11 is 1.24. The summed E-state index contributed by atoms with van der Waals surface area (Å²) in [4.78, 5) is 22.4. The molecule has 172 valence electrons. The number of Topliss-reactive ketones (excluding diaryl/α,β-unsaturated/α-hetero) is 1. The van der Waals surface area contributed by atoms with Gasteiger partial charge in [0.25, 0.3) is 0 Å². The van der Waals surface area contributed by atoms with Crippen LogP contribution >= 0.6 is 11.3 Å². The molecule has 3 heterocycles. The number of imidazole rings is 1. The van der Waals surface area contributed by atoms with Gasteiger partial charge in [0.2, 0.25) is 0 Å². The molecule has 4 rings (SSSR count). The first kappa shape index (κ1) is 23.0. The van der Waals surface area contributed by atoms with Crippen molar-refractivity contribution in [3.8, 4) is 5.75 Å². The minimum Gasteiger partial charge on any atom is -0.485 e. The summed E-state index contributed by atoms with van der Waals surface area (Å²) < 4.78 is 35.1. The molecule has 0 spiro atoms. The number of aryl methyl sites for hydroxylation is 1. The average molecular weight is 474 g/mol. The van der Waals surface area contributed by atoms with Crippen LogP contribution in [0, 0.1) is 18.6 Å². The van der Waals surface area contributed by atoms with E-state index in [0.29, 0.717) is 26.9 Å². The van der Waals surface area contributed by atoms with Crippen LogP contribution in [-0.2, 0) is 13.2 Å². The minimum atomic E-state index is -0.709. The van der Waals surface area contributed by atoms with Crippen molar-refractivity contribution < 1.29 is 28.5 Å². The quantitative estimate of drug-likeness (QED) is 0.359. The van der Waals surface area contributed by atoms with E-state index in [1.807, 2.05) is 0 Å². The fourth-order valence-corrected chi connectivity index (χ4v) is 4.43. The summed E-state index contributed by atoms with van der Waals surface area (Å²) in [7, 11) is 0. The van der Waals surface area contributed by atoms with Crippen molar-refractivity contribution in [3.63, 3.8) is 0 Å². The number of ketones is 1. The number of aliphatic hydroxyl groups is 2. The number of pyridine rings is 1. The molecule has 2 N–H and O–H groups in total. The Labute approximate surface area is 191 Å². The lowest BCUT2D eigenvalue weighted by molar-refractivity contribution is 0.0953. The fourth-order valence-electron chi connectivity index (χ4n) is 3.56. The van der Waals surface area contributed by atoms with Crippen LogP contribution in [0.3, 0.4) is 0 Å². The number of benzene rings is 1. The molecule has 3 aromatic heterocycles. The van der Waals surface area contributed by atoms with E-state index >= 15 is 0 Å². The molecule has 0 saturated heterocycles. The number of hydrogen-bond acceptors (Lipinski definition) is 7. The summed E-state index contributed by atoms with van der Waals surface area (Å²) in [6.07, 6.45) is 3.17. The molecule has 4 aromatic rings. The lowest BCUT2D eigenvalue weighted by atomic mass is 10.0. The number of hydrogen-bond donors (Lipinski definition) is 2. The van der Waals surface area contributed by atoms with Gasteiger partial charge in [-0.3, -0.25) is 9.20 Å². The lowest BCUT2D eigenvalue weighted by Crippen LogP contribution is -2.13. The number of fused-ring (bicyclic) bond motifs is 1. The van der Waals surface area contributed by atoms with E-state index in [1.165, 1.54) is 23.6 Å². The van der Waals surface area contributed by atoms with Gasteiger partial charge in [0.1, 0.15) is 23.9 Å². The van der Waals surface area contributed by atoms with Gasteiger partial charge in [-0.1, -0.05) is 6.07 Å². The van der Waals surface area contributed by atoms with Gasteiger partial charge in [-0.05, 0) is 31.2 Å². The smallest absolute Gasteiger partial charge is 0.182 e. The van der Waals surface area contributed by atoms with E-state index in [9.17, 15) is 23.8 Å². The Hall–Kier alpha value is -3.21. The third-order valence-electron chi connectivity index (χ3n) is 5.22. The Kier molecular flexibility index (Phi) is 6.77. The molecule has 0 radical (unpaired) electrons. The van der Waals surface area contributed by atoms with Gasteiger partial charge in [-0.15, -0.1) is 11.3 Å². The topological polar surface area (TPSA) is 97.0 Å². The van der Waals surface area contributed by atoms with Crippen LogP contribution in [0.2, 0.25) is 0 Å². The van der Waals surface area contributed by atoms with E-state index in [1.54, 1.807) is 29.7 Å². The molecule has 0 fully saturated rings. The van der Waals surface area contributed by atoms with Crippen LogP contribution in [0.15, 0.2) is 42.7 Å². The predicted molar refractivity (Wildman–Crippen MR) is 117 cm³/mol. The van der Waals surface area contributed by atoms with Crippen LogP contribution in [0.25, 0.3) is 5.65 Å². The maximum Gasteiger partial charge on any atom is 0.182 e. The summed E-state index contributed by atoms with van der Waals surface area (Å²) in [6.45, 7) is 0.914. The highest BCUT2D eigenvalue weighted by molar-refractivity contribution is 7.11. The molecular formula is C23H21F2N3O4S. The summed E-state index contributed by atoms with van der Waals surface area (Å²) in [5.74, 6) is -1.92. The minimum absolute atomic E-state index is 0.00492. The van der Waals surface area contributed by atoms with Crippen molar-refractivity contribution in [1.82, 2.24) is 14.4 Å². The second-order valence-electron chi connectivity index (χ2n) is 7.43. The molecule has 0 aliphatic rings. The van der Waals surface area contributed by atoms with Gasteiger partial charge in [0.05, 0.1) is 34.4 Å².